The van der Waals surface area contributed by atoms with E-state index in [1.165, 1.54) is 0 Å². The molecule has 0 aliphatic heterocycles. The van der Waals surface area contributed by atoms with Gasteiger partial charge in [-0.05, 0) is 67.6 Å². The van der Waals surface area contributed by atoms with E-state index in [4.69, 9.17) is 0 Å². The van der Waals surface area contributed by atoms with Crippen LogP contribution in [0.3, 0.4) is 0 Å². The van der Waals surface area contributed by atoms with E-state index in [0.717, 1.165) is 36.9 Å². The van der Waals surface area contributed by atoms with E-state index in [1.54, 1.807) is 18.5 Å². The third kappa shape index (κ3) is 4.94. The van der Waals surface area contributed by atoms with Crippen LogP contribution in [0.25, 0.3) is 0 Å². The van der Waals surface area contributed by atoms with Gasteiger partial charge in [0.15, 0.2) is 0 Å². The fourth-order valence-electron chi connectivity index (χ4n) is 3.60. The highest BCUT2D eigenvalue weighted by molar-refractivity contribution is 5.96. The van der Waals surface area contributed by atoms with Gasteiger partial charge >= 0.3 is 0 Å². The summed E-state index contributed by atoms with van der Waals surface area (Å²) in [5.74, 6) is 0.462. The number of nitrogens with zero attached hydrogens (tertiary/aromatic N) is 3. The SMILES string of the molecule is O=C(NC1CC1)c1ccc(CN(C(=O)c2cccc(Nc3ncccn3)c2)C2CC2)cc1. The van der Waals surface area contributed by atoms with E-state index in [-0.39, 0.29) is 17.9 Å². The predicted octanol–water partition coefficient (Wildman–Crippen LogP) is 3.92. The van der Waals surface area contributed by atoms with E-state index in [1.807, 2.05) is 53.4 Å². The number of hydrogen-bond donors (Lipinski definition) is 2. The Hall–Kier alpha value is -3.74. The third-order valence-corrected chi connectivity index (χ3v) is 5.66. The summed E-state index contributed by atoms with van der Waals surface area (Å²) in [6.07, 6.45) is 7.50. The Morgan fingerprint density at radius 1 is 0.906 bits per heavy atom. The summed E-state index contributed by atoms with van der Waals surface area (Å²) in [6.45, 7) is 0.521. The highest BCUT2D eigenvalue weighted by Crippen LogP contribution is 2.30. The molecule has 3 aromatic rings. The topological polar surface area (TPSA) is 87.2 Å². The number of aromatic nitrogens is 2. The minimum absolute atomic E-state index is 0.000632. The maximum absolute atomic E-state index is 13.3. The second kappa shape index (κ2) is 8.78. The molecule has 5 rings (SSSR count). The molecule has 1 heterocycles. The minimum Gasteiger partial charge on any atom is -0.349 e. The van der Waals surface area contributed by atoms with E-state index in [0.29, 0.717) is 29.7 Å². The first-order valence-electron chi connectivity index (χ1n) is 11.0. The number of carbonyl (C=O) groups excluding carboxylic acids is 2. The molecule has 7 nitrogen and oxygen atoms in total. The van der Waals surface area contributed by atoms with E-state index in [9.17, 15) is 9.59 Å². The molecule has 0 atom stereocenters. The molecule has 2 aromatic carbocycles. The molecular weight excluding hydrogens is 402 g/mol. The van der Waals surface area contributed by atoms with Crippen molar-refractivity contribution in [3.63, 3.8) is 0 Å². The van der Waals surface area contributed by atoms with Crippen molar-refractivity contribution in [3.05, 3.63) is 83.7 Å². The van der Waals surface area contributed by atoms with Crippen molar-refractivity contribution in [2.24, 2.45) is 0 Å². The maximum Gasteiger partial charge on any atom is 0.254 e. The monoisotopic (exact) mass is 427 g/mol. The standard InChI is InChI=1S/C25H25N5O2/c31-23(28-20-9-10-20)18-7-5-17(6-8-18)16-30(22-11-12-22)24(32)19-3-1-4-21(15-19)29-25-26-13-2-14-27-25/h1-8,13-15,20,22H,9-12,16H2,(H,28,31)(H,26,27,29). The summed E-state index contributed by atoms with van der Waals surface area (Å²) in [4.78, 5) is 35.8. The summed E-state index contributed by atoms with van der Waals surface area (Å²) in [5.41, 5.74) is 3.06. The zero-order valence-corrected chi connectivity index (χ0v) is 17.7. The van der Waals surface area contributed by atoms with Crippen LogP contribution in [0.4, 0.5) is 11.6 Å². The fourth-order valence-corrected chi connectivity index (χ4v) is 3.60. The average molecular weight is 428 g/mol. The van der Waals surface area contributed by atoms with Gasteiger partial charge in [0.1, 0.15) is 0 Å². The Balaban J connectivity index is 1.28. The summed E-state index contributed by atoms with van der Waals surface area (Å²) in [6, 6.07) is 17.3. The number of carbonyl (C=O) groups is 2. The van der Waals surface area contributed by atoms with Crippen LogP contribution in [0, 0.1) is 0 Å². The second-order valence-corrected chi connectivity index (χ2v) is 8.39. The molecule has 0 saturated heterocycles. The first-order valence-corrected chi connectivity index (χ1v) is 11.0. The van der Waals surface area contributed by atoms with Crippen LogP contribution < -0.4 is 10.6 Å². The van der Waals surface area contributed by atoms with Crippen molar-refractivity contribution in [2.75, 3.05) is 5.32 Å². The normalized spacial score (nSPS) is 15.1. The summed E-state index contributed by atoms with van der Waals surface area (Å²) in [7, 11) is 0. The highest BCUT2D eigenvalue weighted by Gasteiger charge is 2.33. The van der Waals surface area contributed by atoms with Gasteiger partial charge < -0.3 is 15.5 Å². The lowest BCUT2D eigenvalue weighted by atomic mass is 10.1. The highest BCUT2D eigenvalue weighted by atomic mass is 16.2. The van der Waals surface area contributed by atoms with E-state index < -0.39 is 0 Å². The number of nitrogens with one attached hydrogen (secondary N) is 2. The van der Waals surface area contributed by atoms with Crippen molar-refractivity contribution >= 4 is 23.5 Å². The van der Waals surface area contributed by atoms with Crippen molar-refractivity contribution in [2.45, 2.75) is 44.3 Å². The zero-order valence-electron chi connectivity index (χ0n) is 17.7. The lowest BCUT2D eigenvalue weighted by Gasteiger charge is -2.23. The largest absolute Gasteiger partial charge is 0.349 e. The van der Waals surface area contributed by atoms with Gasteiger partial charge in [-0.2, -0.15) is 0 Å². The Kier molecular flexibility index (Phi) is 5.54. The lowest BCUT2D eigenvalue weighted by molar-refractivity contribution is 0.0729. The Labute approximate surface area is 186 Å². The first-order chi connectivity index (χ1) is 15.7. The van der Waals surface area contributed by atoms with Gasteiger partial charge in [0.2, 0.25) is 5.95 Å². The van der Waals surface area contributed by atoms with Crippen LogP contribution in [0.2, 0.25) is 0 Å². The lowest BCUT2D eigenvalue weighted by Crippen LogP contribution is -2.32. The molecule has 32 heavy (non-hydrogen) atoms. The van der Waals surface area contributed by atoms with Gasteiger partial charge in [0.05, 0.1) is 0 Å². The smallest absolute Gasteiger partial charge is 0.254 e. The van der Waals surface area contributed by atoms with Crippen LogP contribution in [0.5, 0.6) is 0 Å². The number of hydrogen-bond acceptors (Lipinski definition) is 5. The van der Waals surface area contributed by atoms with Gasteiger partial charge in [-0.3, -0.25) is 9.59 Å². The quantitative estimate of drug-likeness (QED) is 0.569. The molecule has 2 saturated carbocycles. The Morgan fingerprint density at radius 3 is 2.34 bits per heavy atom. The van der Waals surface area contributed by atoms with Crippen LogP contribution in [-0.2, 0) is 6.54 Å². The van der Waals surface area contributed by atoms with Crippen LogP contribution >= 0.6 is 0 Å². The number of anilines is 2. The molecule has 2 amide bonds. The number of benzene rings is 2. The van der Waals surface area contributed by atoms with Gasteiger partial charge in [0, 0.05) is 47.8 Å². The first kappa shape index (κ1) is 20.2. The van der Waals surface area contributed by atoms with E-state index >= 15 is 0 Å². The maximum atomic E-state index is 13.3. The Morgan fingerprint density at radius 2 is 1.66 bits per heavy atom. The van der Waals surface area contributed by atoms with Crippen LogP contribution in [0.1, 0.15) is 52.0 Å². The van der Waals surface area contributed by atoms with Crippen LogP contribution in [0.15, 0.2) is 67.0 Å². The molecular formula is C25H25N5O2. The molecule has 2 aliphatic carbocycles. The van der Waals surface area contributed by atoms with Crippen molar-refractivity contribution in [3.8, 4) is 0 Å². The fraction of sp³-hybridized carbons (Fsp3) is 0.280. The summed E-state index contributed by atoms with van der Waals surface area (Å²) in [5, 5.41) is 6.14. The summed E-state index contributed by atoms with van der Waals surface area (Å²) < 4.78 is 0. The predicted molar refractivity (Wildman–Crippen MR) is 122 cm³/mol. The molecule has 1 aromatic heterocycles. The minimum atomic E-state index is -0.0270. The number of rotatable bonds is 8. The van der Waals surface area contributed by atoms with Crippen LogP contribution in [-0.4, -0.2) is 38.8 Å². The summed E-state index contributed by atoms with van der Waals surface area (Å²) >= 11 is 0. The van der Waals surface area contributed by atoms with E-state index in [2.05, 4.69) is 20.6 Å². The van der Waals surface area contributed by atoms with Crippen molar-refractivity contribution in [1.82, 2.24) is 20.2 Å². The molecule has 2 fully saturated rings. The van der Waals surface area contributed by atoms with Gasteiger partial charge in [0.25, 0.3) is 11.8 Å². The molecule has 7 heteroatoms. The molecule has 0 spiro atoms. The Bertz CT molecular complexity index is 1110. The van der Waals surface area contributed by atoms with Crippen molar-refractivity contribution in [1.29, 1.82) is 0 Å². The molecule has 2 aliphatic rings. The average Bonchev–Trinajstić information content (AvgIpc) is 3.74. The van der Waals surface area contributed by atoms with Crippen molar-refractivity contribution < 1.29 is 9.59 Å². The number of amides is 2. The molecule has 0 unspecified atom stereocenters. The molecule has 162 valence electrons. The molecule has 2 N–H and O–H groups in total. The van der Waals surface area contributed by atoms with Gasteiger partial charge in [-0.15, -0.1) is 0 Å². The molecule has 0 radical (unpaired) electrons. The van der Waals surface area contributed by atoms with Gasteiger partial charge in [-0.25, -0.2) is 9.97 Å². The molecule has 0 bridgehead atoms. The second-order valence-electron chi connectivity index (χ2n) is 8.39. The third-order valence-electron chi connectivity index (χ3n) is 5.66. The zero-order chi connectivity index (χ0) is 21.9. The van der Waals surface area contributed by atoms with Gasteiger partial charge in [-0.1, -0.05) is 18.2 Å².